The molecule has 1 saturated carbocycles. The Balaban J connectivity index is 2.01. The van der Waals surface area contributed by atoms with E-state index in [1.54, 1.807) is 38.7 Å². The van der Waals surface area contributed by atoms with Crippen LogP contribution < -0.4 is 10.6 Å². The number of nitrogens with zero attached hydrogens (tertiary/aromatic N) is 1. The summed E-state index contributed by atoms with van der Waals surface area (Å²) in [5.74, 6) is -0.419. The monoisotopic (exact) mass is 505 g/mol. The summed E-state index contributed by atoms with van der Waals surface area (Å²) in [6, 6.07) is 11.4. The van der Waals surface area contributed by atoms with Crippen LogP contribution in [0.5, 0.6) is 0 Å². The summed E-state index contributed by atoms with van der Waals surface area (Å²) in [6.45, 7) is 16.7. The highest BCUT2D eigenvalue weighted by atomic mass is 16.6. The lowest BCUT2D eigenvalue weighted by atomic mass is 9.99. The Morgan fingerprint density at radius 2 is 1.70 bits per heavy atom. The van der Waals surface area contributed by atoms with E-state index in [1.807, 2.05) is 56.3 Å². The zero-order chi connectivity index (χ0) is 27.5. The summed E-state index contributed by atoms with van der Waals surface area (Å²) >= 11 is 0. The van der Waals surface area contributed by atoms with Gasteiger partial charge in [-0.15, -0.1) is 0 Å². The van der Waals surface area contributed by atoms with Crippen LogP contribution in [0, 0.1) is 19.8 Å². The van der Waals surface area contributed by atoms with Crippen molar-refractivity contribution in [1.29, 1.82) is 0 Å². The van der Waals surface area contributed by atoms with Crippen LogP contribution in [0.2, 0.25) is 0 Å². The zero-order valence-electron chi connectivity index (χ0n) is 22.9. The van der Waals surface area contributed by atoms with Gasteiger partial charge in [0.15, 0.2) is 0 Å². The van der Waals surface area contributed by atoms with Crippen molar-refractivity contribution in [2.75, 3.05) is 5.32 Å². The van der Waals surface area contributed by atoms with Crippen molar-refractivity contribution in [2.24, 2.45) is 5.92 Å². The lowest BCUT2D eigenvalue weighted by molar-refractivity contribution is -0.141. The first-order valence-electron chi connectivity index (χ1n) is 12.7. The van der Waals surface area contributed by atoms with E-state index in [2.05, 4.69) is 24.1 Å². The van der Waals surface area contributed by atoms with Gasteiger partial charge in [-0.3, -0.25) is 9.59 Å². The Kier molecular flexibility index (Phi) is 8.46. The standard InChI is InChI=1S/C30H39N3O4/c1-9-22-14-11-15-23(17-22)26(27(34)32-25-18(2)12-10-13-19(25)3)33(24-16-20(24)4)28(35)21(5)31-29(36)37-30(6,7)8/h9-15,17,20-21,24,26H,1,16H2,2-8H3,(H,31,36)(H,32,34). The predicted octanol–water partition coefficient (Wildman–Crippen LogP) is 5.78. The van der Waals surface area contributed by atoms with Gasteiger partial charge in [-0.25, -0.2) is 4.79 Å². The fourth-order valence-electron chi connectivity index (χ4n) is 4.44. The number of rotatable bonds is 8. The van der Waals surface area contributed by atoms with Crippen LogP contribution in [0.3, 0.4) is 0 Å². The number of hydrogen-bond donors (Lipinski definition) is 2. The minimum atomic E-state index is -0.899. The number of hydrogen-bond acceptors (Lipinski definition) is 4. The third-order valence-corrected chi connectivity index (χ3v) is 6.50. The average Bonchev–Trinajstić information content (AvgIpc) is 3.53. The number of carbonyl (C=O) groups excluding carboxylic acids is 3. The molecular formula is C30H39N3O4. The van der Waals surface area contributed by atoms with Gasteiger partial charge in [0, 0.05) is 11.7 Å². The fraction of sp³-hybridized carbons (Fsp3) is 0.433. The van der Waals surface area contributed by atoms with Gasteiger partial charge in [-0.1, -0.05) is 56.0 Å². The number of alkyl carbamates (subject to hydrolysis) is 1. The van der Waals surface area contributed by atoms with E-state index in [0.29, 0.717) is 5.56 Å². The van der Waals surface area contributed by atoms with Gasteiger partial charge in [0.25, 0.3) is 5.91 Å². The summed E-state index contributed by atoms with van der Waals surface area (Å²) in [5.41, 5.74) is 3.43. The number of ether oxygens (including phenoxy) is 1. The number of anilines is 1. The zero-order valence-corrected chi connectivity index (χ0v) is 22.9. The molecule has 4 unspecified atom stereocenters. The number of benzene rings is 2. The van der Waals surface area contributed by atoms with E-state index in [4.69, 9.17) is 4.74 Å². The van der Waals surface area contributed by atoms with E-state index in [0.717, 1.165) is 28.8 Å². The lowest BCUT2D eigenvalue weighted by Crippen LogP contribution is -2.52. The molecule has 1 aliphatic carbocycles. The Labute approximate surface area is 220 Å². The van der Waals surface area contributed by atoms with Crippen LogP contribution >= 0.6 is 0 Å². The predicted molar refractivity (Wildman–Crippen MR) is 147 cm³/mol. The largest absolute Gasteiger partial charge is 0.444 e. The van der Waals surface area contributed by atoms with Crippen molar-refractivity contribution >= 4 is 29.7 Å². The molecular weight excluding hydrogens is 466 g/mol. The van der Waals surface area contributed by atoms with Crippen LogP contribution in [-0.2, 0) is 14.3 Å². The summed E-state index contributed by atoms with van der Waals surface area (Å²) in [6.07, 6.45) is 1.81. The third kappa shape index (κ3) is 7.00. The van der Waals surface area contributed by atoms with Gasteiger partial charge in [-0.05, 0) is 82.2 Å². The minimum absolute atomic E-state index is 0.128. The first-order chi connectivity index (χ1) is 17.3. The molecule has 0 bridgehead atoms. The molecule has 0 radical (unpaired) electrons. The molecule has 0 spiro atoms. The summed E-state index contributed by atoms with van der Waals surface area (Å²) in [4.78, 5) is 41.9. The Hall–Kier alpha value is -3.61. The van der Waals surface area contributed by atoms with Gasteiger partial charge in [0.1, 0.15) is 17.7 Å². The smallest absolute Gasteiger partial charge is 0.408 e. The van der Waals surface area contributed by atoms with Crippen molar-refractivity contribution in [1.82, 2.24) is 10.2 Å². The maximum absolute atomic E-state index is 14.0. The van der Waals surface area contributed by atoms with Gasteiger partial charge < -0.3 is 20.3 Å². The summed E-state index contributed by atoms with van der Waals surface area (Å²) < 4.78 is 5.35. The molecule has 0 aromatic heterocycles. The SMILES string of the molecule is C=Cc1cccc(C(C(=O)Nc2c(C)cccc2C)N(C(=O)C(C)NC(=O)OC(C)(C)C)C2CC2C)c1. The van der Waals surface area contributed by atoms with Crippen molar-refractivity contribution in [2.45, 2.75) is 78.6 Å². The van der Waals surface area contributed by atoms with Crippen LogP contribution in [0.1, 0.15) is 69.3 Å². The first-order valence-corrected chi connectivity index (χ1v) is 12.7. The maximum Gasteiger partial charge on any atom is 0.408 e. The number of amides is 3. The molecule has 3 rings (SSSR count). The van der Waals surface area contributed by atoms with E-state index in [1.165, 1.54) is 0 Å². The van der Waals surface area contributed by atoms with Crippen molar-refractivity contribution < 1.29 is 19.1 Å². The summed E-state index contributed by atoms with van der Waals surface area (Å²) in [7, 11) is 0. The molecule has 0 heterocycles. The van der Waals surface area contributed by atoms with Crippen LogP contribution in [0.4, 0.5) is 10.5 Å². The molecule has 7 nitrogen and oxygen atoms in total. The van der Waals surface area contributed by atoms with E-state index in [-0.39, 0.29) is 23.8 Å². The topological polar surface area (TPSA) is 87.7 Å². The molecule has 2 N–H and O–H groups in total. The molecule has 2 aromatic rings. The second-order valence-electron chi connectivity index (χ2n) is 10.9. The number of nitrogens with one attached hydrogen (secondary N) is 2. The molecule has 1 fully saturated rings. The van der Waals surface area contributed by atoms with E-state index in [9.17, 15) is 14.4 Å². The van der Waals surface area contributed by atoms with Crippen molar-refractivity contribution in [3.63, 3.8) is 0 Å². The molecule has 0 aliphatic heterocycles. The van der Waals surface area contributed by atoms with Gasteiger partial charge in [-0.2, -0.15) is 0 Å². The normalized spacial score (nSPS) is 18.2. The number of aryl methyl sites for hydroxylation is 2. The Morgan fingerprint density at radius 3 is 2.24 bits per heavy atom. The maximum atomic E-state index is 14.0. The molecule has 1 aliphatic rings. The number of para-hydroxylation sites is 1. The van der Waals surface area contributed by atoms with E-state index >= 15 is 0 Å². The van der Waals surface area contributed by atoms with Gasteiger partial charge >= 0.3 is 6.09 Å². The highest BCUT2D eigenvalue weighted by Crippen LogP contribution is 2.41. The van der Waals surface area contributed by atoms with Crippen LogP contribution in [-0.4, -0.2) is 40.5 Å². The third-order valence-electron chi connectivity index (χ3n) is 6.50. The first kappa shape index (κ1) is 28.0. The highest BCUT2D eigenvalue weighted by molar-refractivity contribution is 6.00. The molecule has 3 amide bonds. The number of carbonyl (C=O) groups is 3. The second kappa shape index (κ2) is 11.2. The van der Waals surface area contributed by atoms with Crippen molar-refractivity contribution in [3.8, 4) is 0 Å². The molecule has 2 aromatic carbocycles. The Morgan fingerprint density at radius 1 is 1.11 bits per heavy atom. The van der Waals surface area contributed by atoms with Gasteiger partial charge in [0.05, 0.1) is 0 Å². The second-order valence-corrected chi connectivity index (χ2v) is 10.9. The highest BCUT2D eigenvalue weighted by Gasteiger charge is 2.47. The molecule has 37 heavy (non-hydrogen) atoms. The molecule has 198 valence electrons. The molecule has 4 atom stereocenters. The average molecular weight is 506 g/mol. The van der Waals surface area contributed by atoms with Crippen LogP contribution in [0.15, 0.2) is 49.0 Å². The summed E-state index contributed by atoms with van der Waals surface area (Å²) in [5, 5.41) is 5.74. The lowest BCUT2D eigenvalue weighted by Gasteiger charge is -2.34. The molecule has 0 saturated heterocycles. The molecule has 7 heteroatoms. The van der Waals surface area contributed by atoms with Crippen molar-refractivity contribution in [3.05, 3.63) is 71.3 Å². The van der Waals surface area contributed by atoms with E-state index < -0.39 is 23.8 Å². The van der Waals surface area contributed by atoms with Gasteiger partial charge in [0.2, 0.25) is 5.91 Å². The van der Waals surface area contributed by atoms with Crippen LogP contribution in [0.25, 0.3) is 6.08 Å². The Bertz CT molecular complexity index is 1160. The quantitative estimate of drug-likeness (QED) is 0.476. The minimum Gasteiger partial charge on any atom is -0.444 e. The fourth-order valence-corrected chi connectivity index (χ4v) is 4.44.